The summed E-state index contributed by atoms with van der Waals surface area (Å²) in [5, 5.41) is 16.7. The van der Waals surface area contributed by atoms with Crippen molar-refractivity contribution in [2.75, 3.05) is 5.75 Å². The van der Waals surface area contributed by atoms with E-state index < -0.39 is 0 Å². The molecule has 4 aromatic rings. The Balaban J connectivity index is 1.29. The predicted molar refractivity (Wildman–Crippen MR) is 108 cm³/mol. The Morgan fingerprint density at radius 1 is 1.15 bits per heavy atom. The first-order chi connectivity index (χ1) is 13.2. The second-order valence-electron chi connectivity index (χ2n) is 5.68. The molecule has 0 aliphatic heterocycles. The molecule has 2 aromatic carbocycles. The number of amides is 1. The lowest BCUT2D eigenvalue weighted by Crippen LogP contribution is -2.24. The molecule has 0 saturated heterocycles. The maximum absolute atomic E-state index is 12.0. The summed E-state index contributed by atoms with van der Waals surface area (Å²) in [5.74, 6) is 0.361. The molecule has 0 saturated carbocycles. The smallest absolute Gasteiger partial charge is 0.234 e. The summed E-state index contributed by atoms with van der Waals surface area (Å²) < 4.78 is 1.66. The fourth-order valence-electron chi connectivity index (χ4n) is 2.37. The van der Waals surface area contributed by atoms with E-state index in [2.05, 4.69) is 20.6 Å². The lowest BCUT2D eigenvalue weighted by Gasteiger charge is -2.06. The fourth-order valence-corrected chi connectivity index (χ4v) is 4.05. The first-order valence-corrected chi connectivity index (χ1v) is 10.3. The predicted octanol–water partition coefficient (Wildman–Crippen LogP) is 3.91. The van der Waals surface area contributed by atoms with Crippen LogP contribution in [0.1, 0.15) is 5.56 Å². The number of aromatic nitrogens is 4. The third-order valence-corrected chi connectivity index (χ3v) is 5.99. The zero-order valence-electron chi connectivity index (χ0n) is 14.0. The van der Waals surface area contributed by atoms with Crippen molar-refractivity contribution in [3.05, 3.63) is 65.4 Å². The van der Waals surface area contributed by atoms with Crippen LogP contribution in [-0.2, 0) is 11.3 Å². The van der Waals surface area contributed by atoms with Gasteiger partial charge in [0, 0.05) is 22.0 Å². The molecule has 1 amide bonds. The molecular formula is C18H14ClN5OS2. The van der Waals surface area contributed by atoms with Crippen LogP contribution in [0.2, 0.25) is 5.02 Å². The molecule has 4 rings (SSSR count). The molecule has 0 spiro atoms. The maximum Gasteiger partial charge on any atom is 0.234 e. The van der Waals surface area contributed by atoms with E-state index in [0.29, 0.717) is 17.3 Å². The van der Waals surface area contributed by atoms with Crippen molar-refractivity contribution in [2.45, 2.75) is 11.4 Å². The first kappa shape index (κ1) is 18.0. The minimum Gasteiger partial charge on any atom is -0.351 e. The number of carbonyl (C=O) groups is 1. The first-order valence-electron chi connectivity index (χ1n) is 8.08. The molecule has 0 aliphatic carbocycles. The van der Waals surface area contributed by atoms with E-state index in [-0.39, 0.29) is 5.91 Å². The summed E-state index contributed by atoms with van der Waals surface area (Å²) in [6.45, 7) is 0.491. The number of hydrogen-bond acceptors (Lipinski definition) is 6. The number of nitrogens with one attached hydrogen (secondary N) is 1. The van der Waals surface area contributed by atoms with Crippen molar-refractivity contribution in [2.24, 2.45) is 0 Å². The summed E-state index contributed by atoms with van der Waals surface area (Å²) in [7, 11) is 0. The van der Waals surface area contributed by atoms with E-state index in [4.69, 9.17) is 11.6 Å². The van der Waals surface area contributed by atoms with Gasteiger partial charge in [-0.25, -0.2) is 0 Å². The van der Waals surface area contributed by atoms with Gasteiger partial charge in [-0.05, 0) is 29.8 Å². The second kappa shape index (κ2) is 8.08. The Kier molecular flexibility index (Phi) is 5.38. The van der Waals surface area contributed by atoms with Gasteiger partial charge < -0.3 is 5.32 Å². The van der Waals surface area contributed by atoms with Crippen molar-refractivity contribution in [1.29, 1.82) is 0 Å². The average Bonchev–Trinajstić information content (AvgIpc) is 3.28. The number of halogens is 1. The summed E-state index contributed by atoms with van der Waals surface area (Å²) in [4.78, 5) is 13.8. The van der Waals surface area contributed by atoms with E-state index >= 15 is 0 Å². The molecule has 1 N–H and O–H groups in total. The topological polar surface area (TPSA) is 72.2 Å². The Morgan fingerprint density at radius 3 is 2.67 bits per heavy atom. The monoisotopic (exact) mass is 415 g/mol. The van der Waals surface area contributed by atoms with Gasteiger partial charge in [-0.15, -0.1) is 22.0 Å². The molecule has 0 aliphatic rings. The van der Waals surface area contributed by atoms with Gasteiger partial charge in [-0.3, -0.25) is 4.79 Å². The number of nitrogens with zero attached hydrogens (tertiary/aromatic N) is 4. The van der Waals surface area contributed by atoms with Crippen LogP contribution in [0.4, 0.5) is 0 Å². The van der Waals surface area contributed by atoms with Crippen LogP contribution in [-0.4, -0.2) is 31.5 Å². The number of rotatable bonds is 6. The Morgan fingerprint density at radius 2 is 1.93 bits per heavy atom. The third-order valence-electron chi connectivity index (χ3n) is 3.76. The highest BCUT2D eigenvalue weighted by Gasteiger charge is 2.08. The number of carbonyl (C=O) groups excluding carboxylic acids is 1. The normalized spacial score (nSPS) is 11.0. The lowest BCUT2D eigenvalue weighted by molar-refractivity contribution is -0.118. The third kappa shape index (κ3) is 4.47. The Bertz CT molecular complexity index is 1030. The van der Waals surface area contributed by atoms with Gasteiger partial charge in [-0.1, -0.05) is 47.2 Å². The Labute approximate surface area is 168 Å². The second-order valence-corrected chi connectivity index (χ2v) is 8.12. The van der Waals surface area contributed by atoms with Crippen LogP contribution in [0.5, 0.6) is 0 Å². The van der Waals surface area contributed by atoms with Gasteiger partial charge in [0.1, 0.15) is 11.3 Å². The highest BCUT2D eigenvalue weighted by Crippen LogP contribution is 2.25. The molecule has 0 atom stereocenters. The van der Waals surface area contributed by atoms with Crippen LogP contribution in [0.3, 0.4) is 0 Å². The quantitative estimate of drug-likeness (QED) is 0.483. The molecule has 6 nitrogen and oxygen atoms in total. The van der Waals surface area contributed by atoms with Gasteiger partial charge in [0.2, 0.25) is 10.9 Å². The standard InChI is InChI=1S/C18H14ClN5OS2/c19-14-5-7-15(8-6-14)26-10-16(25)20-9-12-1-3-13(4-2-12)17-23-24-11-21-22-18(24)27-17/h1-8,11H,9-10H2,(H,20,25). The van der Waals surface area contributed by atoms with Crippen molar-refractivity contribution in [3.63, 3.8) is 0 Å². The minimum atomic E-state index is -0.00678. The van der Waals surface area contributed by atoms with E-state index in [1.54, 1.807) is 10.8 Å². The SMILES string of the molecule is O=C(CSc1ccc(Cl)cc1)NCc1ccc(-c2nn3cnnc3s2)cc1. The van der Waals surface area contributed by atoms with Crippen molar-refractivity contribution < 1.29 is 4.79 Å². The summed E-state index contributed by atoms with van der Waals surface area (Å²) in [6, 6.07) is 15.4. The van der Waals surface area contributed by atoms with E-state index in [9.17, 15) is 4.79 Å². The molecule has 136 valence electrons. The van der Waals surface area contributed by atoms with Crippen molar-refractivity contribution in [3.8, 4) is 10.6 Å². The van der Waals surface area contributed by atoms with Crippen molar-refractivity contribution >= 4 is 45.6 Å². The van der Waals surface area contributed by atoms with Crippen LogP contribution in [0.15, 0.2) is 59.8 Å². The van der Waals surface area contributed by atoms with Crippen LogP contribution in [0.25, 0.3) is 15.5 Å². The molecule has 0 radical (unpaired) electrons. The molecule has 0 bridgehead atoms. The van der Waals surface area contributed by atoms with Crippen molar-refractivity contribution in [1.82, 2.24) is 25.1 Å². The molecule has 0 unspecified atom stereocenters. The maximum atomic E-state index is 12.0. The van der Waals surface area contributed by atoms with Gasteiger partial charge >= 0.3 is 0 Å². The van der Waals surface area contributed by atoms with E-state index in [1.807, 2.05) is 48.5 Å². The summed E-state index contributed by atoms with van der Waals surface area (Å²) >= 11 is 8.83. The molecule has 27 heavy (non-hydrogen) atoms. The number of fused-ring (bicyclic) bond motifs is 1. The lowest BCUT2D eigenvalue weighted by atomic mass is 10.1. The highest BCUT2D eigenvalue weighted by atomic mass is 35.5. The highest BCUT2D eigenvalue weighted by molar-refractivity contribution is 8.00. The fraction of sp³-hybridized carbons (Fsp3) is 0.111. The molecule has 9 heteroatoms. The molecule has 0 fully saturated rings. The van der Waals surface area contributed by atoms with Crippen LogP contribution < -0.4 is 5.32 Å². The van der Waals surface area contributed by atoms with Gasteiger partial charge in [0.05, 0.1) is 5.75 Å². The summed E-state index contributed by atoms with van der Waals surface area (Å²) in [5.41, 5.74) is 2.05. The number of benzene rings is 2. The van der Waals surface area contributed by atoms with E-state index in [1.165, 1.54) is 23.1 Å². The Hall–Kier alpha value is -2.42. The molecule has 2 aromatic heterocycles. The zero-order valence-corrected chi connectivity index (χ0v) is 16.4. The van der Waals surface area contributed by atoms with Crippen LogP contribution >= 0.6 is 34.7 Å². The van der Waals surface area contributed by atoms with Gasteiger partial charge in [0.25, 0.3) is 0 Å². The van der Waals surface area contributed by atoms with Crippen LogP contribution in [0, 0.1) is 0 Å². The van der Waals surface area contributed by atoms with E-state index in [0.717, 1.165) is 26.0 Å². The van der Waals surface area contributed by atoms with Gasteiger partial charge in [-0.2, -0.15) is 9.61 Å². The average molecular weight is 416 g/mol. The summed E-state index contributed by atoms with van der Waals surface area (Å²) in [6.07, 6.45) is 1.58. The largest absolute Gasteiger partial charge is 0.351 e. The number of hydrogen-bond donors (Lipinski definition) is 1. The molecular weight excluding hydrogens is 402 g/mol. The van der Waals surface area contributed by atoms with Gasteiger partial charge in [0.15, 0.2) is 0 Å². The number of thioether (sulfide) groups is 1. The zero-order chi connectivity index (χ0) is 18.6. The minimum absolute atomic E-state index is 0.00678. The molecule has 2 heterocycles.